The predicted octanol–water partition coefficient (Wildman–Crippen LogP) is 0.508. The zero-order valence-electron chi connectivity index (χ0n) is 10.2. The summed E-state index contributed by atoms with van der Waals surface area (Å²) in [6.07, 6.45) is 1.22. The second kappa shape index (κ2) is 5.48. The third-order valence-corrected chi connectivity index (χ3v) is 5.18. The Morgan fingerprint density at radius 3 is 2.50 bits per heavy atom. The Kier molecular flexibility index (Phi) is 4.16. The van der Waals surface area contributed by atoms with Gasteiger partial charge in [-0.15, -0.1) is 11.3 Å². The van der Waals surface area contributed by atoms with Gasteiger partial charge < -0.3 is 0 Å². The van der Waals surface area contributed by atoms with Crippen LogP contribution in [0.15, 0.2) is 17.5 Å². The molecular weight excluding hydrogens is 272 g/mol. The van der Waals surface area contributed by atoms with Crippen molar-refractivity contribution in [3.63, 3.8) is 0 Å². The van der Waals surface area contributed by atoms with Crippen molar-refractivity contribution in [2.45, 2.75) is 0 Å². The zero-order chi connectivity index (χ0) is 13.2. The zero-order valence-corrected chi connectivity index (χ0v) is 11.8. The minimum atomic E-state index is -3.10. The van der Waals surface area contributed by atoms with Crippen molar-refractivity contribution in [3.05, 3.63) is 22.4 Å². The second-order valence-electron chi connectivity index (χ2n) is 4.34. The van der Waals surface area contributed by atoms with E-state index < -0.39 is 10.0 Å². The summed E-state index contributed by atoms with van der Waals surface area (Å²) in [5.41, 5.74) is 0. The molecule has 7 heteroatoms. The number of sulfonamides is 1. The molecule has 2 rings (SSSR count). The lowest BCUT2D eigenvalue weighted by atomic mass is 10.2. The molecule has 0 aliphatic carbocycles. The molecule has 2 heterocycles. The average molecular weight is 288 g/mol. The number of carbonyl (C=O) groups excluding carboxylic acids is 1. The van der Waals surface area contributed by atoms with Crippen LogP contribution >= 0.6 is 11.3 Å². The van der Waals surface area contributed by atoms with Gasteiger partial charge in [-0.2, -0.15) is 4.31 Å². The second-order valence-corrected chi connectivity index (χ2v) is 7.27. The third-order valence-electron chi connectivity index (χ3n) is 2.96. The molecule has 0 atom stereocenters. The maximum atomic E-state index is 11.9. The van der Waals surface area contributed by atoms with E-state index >= 15 is 0 Å². The van der Waals surface area contributed by atoms with Gasteiger partial charge in [0, 0.05) is 26.2 Å². The number of hydrogen-bond acceptors (Lipinski definition) is 5. The highest BCUT2D eigenvalue weighted by atomic mass is 32.2. The van der Waals surface area contributed by atoms with Gasteiger partial charge in [-0.1, -0.05) is 6.07 Å². The molecule has 0 bridgehead atoms. The maximum absolute atomic E-state index is 11.9. The van der Waals surface area contributed by atoms with Crippen LogP contribution < -0.4 is 0 Å². The molecule has 1 aliphatic heterocycles. The Balaban J connectivity index is 1.86. The van der Waals surface area contributed by atoms with Crippen molar-refractivity contribution in [1.29, 1.82) is 0 Å². The molecule has 0 spiro atoms. The molecule has 100 valence electrons. The lowest BCUT2D eigenvalue weighted by Crippen LogP contribution is -2.49. The Hall–Kier alpha value is -0.760. The average Bonchev–Trinajstić information content (AvgIpc) is 2.82. The number of carbonyl (C=O) groups is 1. The van der Waals surface area contributed by atoms with E-state index in [9.17, 15) is 13.2 Å². The largest absolute Gasteiger partial charge is 0.293 e. The standard InChI is InChI=1S/C11H16N2O3S2/c1-18(15,16)13-6-4-12(5-7-13)9-10(14)11-3-2-8-17-11/h2-3,8H,4-7,9H2,1H3. The van der Waals surface area contributed by atoms with Gasteiger partial charge in [-0.25, -0.2) is 8.42 Å². The Labute approximate surface area is 111 Å². The molecule has 0 unspecified atom stereocenters. The molecule has 1 aliphatic rings. The number of thiophene rings is 1. The molecule has 0 radical (unpaired) electrons. The summed E-state index contributed by atoms with van der Waals surface area (Å²) in [4.78, 5) is 14.7. The van der Waals surface area contributed by atoms with Crippen LogP contribution in [-0.2, 0) is 10.0 Å². The molecule has 1 aromatic heterocycles. The summed E-state index contributed by atoms with van der Waals surface area (Å²) in [5.74, 6) is 0.109. The van der Waals surface area contributed by atoms with Gasteiger partial charge in [0.05, 0.1) is 17.7 Å². The topological polar surface area (TPSA) is 57.7 Å². The monoisotopic (exact) mass is 288 g/mol. The van der Waals surface area contributed by atoms with E-state index in [-0.39, 0.29) is 5.78 Å². The molecule has 1 fully saturated rings. The molecule has 1 aromatic rings. The first-order chi connectivity index (χ1) is 8.47. The number of nitrogens with zero attached hydrogens (tertiary/aromatic N) is 2. The van der Waals surface area contributed by atoms with Gasteiger partial charge in [-0.3, -0.25) is 9.69 Å². The van der Waals surface area contributed by atoms with Crippen molar-refractivity contribution >= 4 is 27.1 Å². The third kappa shape index (κ3) is 3.38. The predicted molar refractivity (Wildman–Crippen MR) is 71.5 cm³/mol. The van der Waals surface area contributed by atoms with Gasteiger partial charge in [0.15, 0.2) is 5.78 Å². The molecule has 0 amide bonds. The number of rotatable bonds is 4. The number of ketones is 1. The summed E-state index contributed by atoms with van der Waals surface area (Å²) in [6.45, 7) is 2.54. The first kappa shape index (κ1) is 13.7. The molecule has 1 saturated heterocycles. The van der Waals surface area contributed by atoms with Gasteiger partial charge in [0.1, 0.15) is 0 Å². The fourth-order valence-corrected chi connectivity index (χ4v) is 3.42. The molecule has 0 N–H and O–H groups in total. The van der Waals surface area contributed by atoms with E-state index in [4.69, 9.17) is 0 Å². The maximum Gasteiger partial charge on any atom is 0.211 e. The summed E-state index contributed by atoms with van der Waals surface area (Å²) in [6, 6.07) is 3.68. The minimum absolute atomic E-state index is 0.109. The Morgan fingerprint density at radius 2 is 2.00 bits per heavy atom. The van der Waals surface area contributed by atoms with Crippen LogP contribution in [0, 0.1) is 0 Å². The molecule has 0 saturated carbocycles. The van der Waals surface area contributed by atoms with E-state index in [0.717, 1.165) is 4.88 Å². The Morgan fingerprint density at radius 1 is 1.33 bits per heavy atom. The molecule has 0 aromatic carbocycles. The van der Waals surface area contributed by atoms with E-state index in [1.54, 1.807) is 0 Å². The first-order valence-electron chi connectivity index (χ1n) is 5.71. The van der Waals surface area contributed by atoms with Crippen LogP contribution in [0.2, 0.25) is 0 Å². The molecule has 18 heavy (non-hydrogen) atoms. The van der Waals surface area contributed by atoms with Gasteiger partial charge >= 0.3 is 0 Å². The van der Waals surface area contributed by atoms with Gasteiger partial charge in [0.25, 0.3) is 0 Å². The lowest BCUT2D eigenvalue weighted by Gasteiger charge is -2.32. The van der Waals surface area contributed by atoms with E-state index in [2.05, 4.69) is 0 Å². The van der Waals surface area contributed by atoms with E-state index in [1.165, 1.54) is 21.9 Å². The summed E-state index contributed by atoms with van der Waals surface area (Å²) >= 11 is 1.44. The highest BCUT2D eigenvalue weighted by molar-refractivity contribution is 7.88. The van der Waals surface area contributed by atoms with Crippen LogP contribution in [0.4, 0.5) is 0 Å². The Bertz CT molecular complexity index is 502. The number of Topliss-reactive ketones (excluding diaryl/α,β-unsaturated/α-hetero) is 1. The van der Waals surface area contributed by atoms with Gasteiger partial charge in [-0.05, 0) is 11.4 Å². The lowest BCUT2D eigenvalue weighted by molar-refractivity contribution is 0.0906. The van der Waals surface area contributed by atoms with Crippen molar-refractivity contribution < 1.29 is 13.2 Å². The first-order valence-corrected chi connectivity index (χ1v) is 8.44. The van der Waals surface area contributed by atoms with E-state index in [1.807, 2.05) is 22.4 Å². The highest BCUT2D eigenvalue weighted by Crippen LogP contribution is 2.12. The number of piperazine rings is 1. The fourth-order valence-electron chi connectivity index (χ4n) is 1.94. The minimum Gasteiger partial charge on any atom is -0.293 e. The van der Waals surface area contributed by atoms with Crippen LogP contribution in [0.3, 0.4) is 0 Å². The van der Waals surface area contributed by atoms with Crippen LogP contribution in [0.1, 0.15) is 9.67 Å². The van der Waals surface area contributed by atoms with Crippen LogP contribution in [-0.4, -0.2) is 62.4 Å². The number of hydrogen-bond donors (Lipinski definition) is 0. The highest BCUT2D eigenvalue weighted by Gasteiger charge is 2.24. The quantitative estimate of drug-likeness (QED) is 0.758. The SMILES string of the molecule is CS(=O)(=O)N1CCN(CC(=O)c2cccs2)CC1. The van der Waals surface area contributed by atoms with Gasteiger partial charge in [0.2, 0.25) is 10.0 Å². The smallest absolute Gasteiger partial charge is 0.211 e. The van der Waals surface area contributed by atoms with Crippen molar-refractivity contribution in [1.82, 2.24) is 9.21 Å². The fraction of sp³-hybridized carbons (Fsp3) is 0.545. The summed E-state index contributed by atoms with van der Waals surface area (Å²) in [5, 5.41) is 1.88. The van der Waals surface area contributed by atoms with E-state index in [0.29, 0.717) is 32.7 Å². The normalized spacial score (nSPS) is 18.9. The van der Waals surface area contributed by atoms with Crippen LogP contribution in [0.25, 0.3) is 0 Å². The molecular formula is C11H16N2O3S2. The summed E-state index contributed by atoms with van der Waals surface area (Å²) < 4.78 is 24.1. The van der Waals surface area contributed by atoms with Crippen LogP contribution in [0.5, 0.6) is 0 Å². The molecule has 5 nitrogen and oxygen atoms in total. The van der Waals surface area contributed by atoms with Crippen molar-refractivity contribution in [2.75, 3.05) is 39.0 Å². The van der Waals surface area contributed by atoms with Crippen molar-refractivity contribution in [2.24, 2.45) is 0 Å². The van der Waals surface area contributed by atoms with Crippen molar-refractivity contribution in [3.8, 4) is 0 Å². The summed E-state index contributed by atoms with van der Waals surface area (Å²) in [7, 11) is -3.10.